The van der Waals surface area contributed by atoms with E-state index in [1.54, 1.807) is 0 Å². The molecule has 0 aromatic heterocycles. The molecule has 1 heterocycles. The topological polar surface area (TPSA) is 55.6 Å². The van der Waals surface area contributed by atoms with E-state index in [2.05, 4.69) is 6.92 Å². The first-order valence-corrected chi connectivity index (χ1v) is 6.83. The van der Waals surface area contributed by atoms with Crippen LogP contribution in [0, 0.1) is 5.92 Å². The molecule has 0 radical (unpaired) electrons. The average Bonchev–Trinajstić information content (AvgIpc) is 2.38. The number of carbonyl (C=O) groups is 1. The molecule has 0 aromatic rings. The molecule has 0 aliphatic carbocycles. The Morgan fingerprint density at radius 2 is 2.29 bits per heavy atom. The number of nitrogens with two attached hydrogens (primary N) is 1. The molecule has 1 fully saturated rings. The van der Waals surface area contributed by atoms with E-state index in [0.29, 0.717) is 6.54 Å². The van der Waals surface area contributed by atoms with Gasteiger partial charge in [0.05, 0.1) is 12.0 Å². The van der Waals surface area contributed by atoms with E-state index >= 15 is 0 Å². The van der Waals surface area contributed by atoms with Crippen LogP contribution in [0.5, 0.6) is 0 Å². The van der Waals surface area contributed by atoms with Gasteiger partial charge in [0, 0.05) is 26.2 Å². The molecule has 4 heteroatoms. The summed E-state index contributed by atoms with van der Waals surface area (Å²) in [5, 5.41) is 0. The van der Waals surface area contributed by atoms with E-state index < -0.39 is 0 Å². The van der Waals surface area contributed by atoms with Crippen LogP contribution in [-0.2, 0) is 9.53 Å². The fourth-order valence-corrected chi connectivity index (χ4v) is 2.26. The highest BCUT2D eigenvalue weighted by molar-refractivity contribution is 5.79. The first-order valence-electron chi connectivity index (χ1n) is 6.83. The second-order valence-electron chi connectivity index (χ2n) is 4.76. The molecule has 100 valence electrons. The third-order valence-electron chi connectivity index (χ3n) is 3.37. The Kier molecular flexibility index (Phi) is 6.52. The van der Waals surface area contributed by atoms with Crippen molar-refractivity contribution in [1.29, 1.82) is 0 Å². The maximum Gasteiger partial charge on any atom is 0.227 e. The summed E-state index contributed by atoms with van der Waals surface area (Å²) >= 11 is 0. The molecule has 0 aromatic carbocycles. The normalized spacial score (nSPS) is 22.5. The lowest BCUT2D eigenvalue weighted by molar-refractivity contribution is -0.139. The van der Waals surface area contributed by atoms with Gasteiger partial charge in [-0.2, -0.15) is 0 Å². The van der Waals surface area contributed by atoms with E-state index in [1.807, 2.05) is 11.8 Å². The number of ether oxygens (including phenoxy) is 1. The minimum Gasteiger partial charge on any atom is -0.376 e. The van der Waals surface area contributed by atoms with Gasteiger partial charge in [0.25, 0.3) is 0 Å². The van der Waals surface area contributed by atoms with Gasteiger partial charge in [0.15, 0.2) is 0 Å². The molecule has 1 aliphatic heterocycles. The van der Waals surface area contributed by atoms with Crippen molar-refractivity contribution in [2.24, 2.45) is 11.7 Å². The zero-order chi connectivity index (χ0) is 12.7. The van der Waals surface area contributed by atoms with Crippen molar-refractivity contribution in [1.82, 2.24) is 4.90 Å². The van der Waals surface area contributed by atoms with Crippen molar-refractivity contribution in [2.45, 2.75) is 45.6 Å². The monoisotopic (exact) mass is 242 g/mol. The van der Waals surface area contributed by atoms with E-state index in [9.17, 15) is 4.79 Å². The van der Waals surface area contributed by atoms with Crippen molar-refractivity contribution in [3.63, 3.8) is 0 Å². The molecule has 1 rings (SSSR count). The summed E-state index contributed by atoms with van der Waals surface area (Å²) in [5.41, 5.74) is 5.63. The van der Waals surface area contributed by atoms with Crippen molar-refractivity contribution < 1.29 is 9.53 Å². The molecular weight excluding hydrogens is 216 g/mol. The Balaban J connectivity index is 2.45. The van der Waals surface area contributed by atoms with Crippen LogP contribution in [0.3, 0.4) is 0 Å². The molecule has 0 bridgehead atoms. The molecular formula is C13H26N2O2. The molecule has 2 unspecified atom stereocenters. The maximum atomic E-state index is 12.2. The van der Waals surface area contributed by atoms with Gasteiger partial charge >= 0.3 is 0 Å². The Morgan fingerprint density at radius 1 is 1.53 bits per heavy atom. The fraction of sp³-hybridized carbons (Fsp3) is 0.923. The SMILES string of the molecule is CCCOC1CCCN(C(=O)C(CC)CN)C1. The molecule has 2 N–H and O–H groups in total. The summed E-state index contributed by atoms with van der Waals surface area (Å²) in [6.45, 7) is 6.97. The van der Waals surface area contributed by atoms with Crippen LogP contribution in [0.4, 0.5) is 0 Å². The molecule has 1 amide bonds. The number of piperidine rings is 1. The lowest BCUT2D eigenvalue weighted by atomic mass is 10.0. The lowest BCUT2D eigenvalue weighted by Crippen LogP contribution is -2.47. The molecule has 2 atom stereocenters. The standard InChI is InChI=1S/C13H26N2O2/c1-3-8-17-12-6-5-7-15(10-12)13(16)11(4-2)9-14/h11-12H,3-10,14H2,1-2H3. The third-order valence-corrected chi connectivity index (χ3v) is 3.37. The number of nitrogens with zero attached hydrogens (tertiary/aromatic N) is 1. The number of likely N-dealkylation sites (tertiary alicyclic amines) is 1. The molecule has 1 saturated heterocycles. The zero-order valence-electron chi connectivity index (χ0n) is 11.2. The second kappa shape index (κ2) is 7.67. The summed E-state index contributed by atoms with van der Waals surface area (Å²) in [7, 11) is 0. The van der Waals surface area contributed by atoms with E-state index in [4.69, 9.17) is 10.5 Å². The fourth-order valence-electron chi connectivity index (χ4n) is 2.26. The van der Waals surface area contributed by atoms with Crippen LogP contribution in [0.1, 0.15) is 39.5 Å². The summed E-state index contributed by atoms with van der Waals surface area (Å²) < 4.78 is 5.73. The van der Waals surface area contributed by atoms with Gasteiger partial charge in [0.1, 0.15) is 0 Å². The summed E-state index contributed by atoms with van der Waals surface area (Å²) in [5.74, 6) is 0.194. The van der Waals surface area contributed by atoms with Crippen LogP contribution in [-0.4, -0.2) is 43.2 Å². The molecule has 4 nitrogen and oxygen atoms in total. The quantitative estimate of drug-likeness (QED) is 0.765. The summed E-state index contributed by atoms with van der Waals surface area (Å²) in [6, 6.07) is 0. The van der Waals surface area contributed by atoms with Gasteiger partial charge in [-0.3, -0.25) is 4.79 Å². The molecule has 0 spiro atoms. The van der Waals surface area contributed by atoms with Crippen LogP contribution in [0.2, 0.25) is 0 Å². The highest BCUT2D eigenvalue weighted by Crippen LogP contribution is 2.16. The molecule has 0 saturated carbocycles. The number of amides is 1. The minimum atomic E-state index is -0.0140. The van der Waals surface area contributed by atoms with Crippen LogP contribution in [0.15, 0.2) is 0 Å². The van der Waals surface area contributed by atoms with E-state index in [1.165, 1.54) is 0 Å². The van der Waals surface area contributed by atoms with Gasteiger partial charge in [0.2, 0.25) is 5.91 Å². The van der Waals surface area contributed by atoms with Crippen LogP contribution < -0.4 is 5.73 Å². The van der Waals surface area contributed by atoms with E-state index in [-0.39, 0.29) is 17.9 Å². The summed E-state index contributed by atoms with van der Waals surface area (Å²) in [6.07, 6.45) is 4.20. The first kappa shape index (κ1) is 14.5. The van der Waals surface area contributed by atoms with Crippen molar-refractivity contribution >= 4 is 5.91 Å². The Morgan fingerprint density at radius 3 is 2.88 bits per heavy atom. The number of hydrogen-bond acceptors (Lipinski definition) is 3. The largest absolute Gasteiger partial charge is 0.376 e. The Hall–Kier alpha value is -0.610. The number of rotatable bonds is 6. The predicted octanol–water partition coefficient (Wildman–Crippen LogP) is 1.39. The minimum absolute atomic E-state index is 0.0140. The first-order chi connectivity index (χ1) is 8.22. The Bertz CT molecular complexity index is 229. The highest BCUT2D eigenvalue weighted by atomic mass is 16.5. The smallest absolute Gasteiger partial charge is 0.227 e. The van der Waals surface area contributed by atoms with Gasteiger partial charge in [-0.25, -0.2) is 0 Å². The lowest BCUT2D eigenvalue weighted by Gasteiger charge is -2.34. The van der Waals surface area contributed by atoms with E-state index in [0.717, 1.165) is 45.4 Å². The number of carbonyl (C=O) groups excluding carboxylic acids is 1. The van der Waals surface area contributed by atoms with Gasteiger partial charge < -0.3 is 15.4 Å². The predicted molar refractivity (Wildman–Crippen MR) is 68.7 cm³/mol. The van der Waals surface area contributed by atoms with Crippen molar-refractivity contribution in [3.05, 3.63) is 0 Å². The highest BCUT2D eigenvalue weighted by Gasteiger charge is 2.27. The van der Waals surface area contributed by atoms with Crippen molar-refractivity contribution in [3.8, 4) is 0 Å². The van der Waals surface area contributed by atoms with Crippen LogP contribution >= 0.6 is 0 Å². The third kappa shape index (κ3) is 4.28. The Labute approximate surface area is 104 Å². The van der Waals surface area contributed by atoms with Gasteiger partial charge in [-0.05, 0) is 25.7 Å². The summed E-state index contributed by atoms with van der Waals surface area (Å²) in [4.78, 5) is 14.1. The maximum absolute atomic E-state index is 12.2. The van der Waals surface area contributed by atoms with Gasteiger partial charge in [-0.15, -0.1) is 0 Å². The number of hydrogen-bond donors (Lipinski definition) is 1. The second-order valence-corrected chi connectivity index (χ2v) is 4.76. The molecule has 1 aliphatic rings. The average molecular weight is 242 g/mol. The van der Waals surface area contributed by atoms with Gasteiger partial charge in [-0.1, -0.05) is 13.8 Å². The van der Waals surface area contributed by atoms with Crippen LogP contribution in [0.25, 0.3) is 0 Å². The molecule has 17 heavy (non-hydrogen) atoms. The zero-order valence-corrected chi connectivity index (χ0v) is 11.2. The van der Waals surface area contributed by atoms with Crippen molar-refractivity contribution in [2.75, 3.05) is 26.2 Å².